The van der Waals surface area contributed by atoms with Gasteiger partial charge in [0.25, 0.3) is 5.91 Å². The van der Waals surface area contributed by atoms with E-state index >= 15 is 0 Å². The van der Waals surface area contributed by atoms with Crippen LogP contribution in [-0.2, 0) is 16.4 Å². The predicted octanol–water partition coefficient (Wildman–Crippen LogP) is 2.88. The highest BCUT2D eigenvalue weighted by Gasteiger charge is 2.32. The number of furan rings is 2. The van der Waals surface area contributed by atoms with Gasteiger partial charge in [-0.15, -0.1) is 0 Å². The molecule has 1 saturated heterocycles. The van der Waals surface area contributed by atoms with Crippen LogP contribution in [-0.4, -0.2) is 40.6 Å². The molecule has 4 aromatic heterocycles. The predicted molar refractivity (Wildman–Crippen MR) is 112 cm³/mol. The molecule has 0 aliphatic carbocycles. The third kappa shape index (κ3) is 3.63. The zero-order chi connectivity index (χ0) is 21.6. The summed E-state index contributed by atoms with van der Waals surface area (Å²) in [5, 5.41) is 8.03. The van der Waals surface area contributed by atoms with Crippen molar-refractivity contribution in [2.45, 2.75) is 25.9 Å². The Bertz CT molecular complexity index is 1350. The summed E-state index contributed by atoms with van der Waals surface area (Å²) in [5.74, 6) is 0.959. The van der Waals surface area contributed by atoms with Crippen LogP contribution < -0.4 is 5.32 Å². The Labute approximate surface area is 178 Å². The van der Waals surface area contributed by atoms with Gasteiger partial charge in [-0.1, -0.05) is 0 Å². The van der Waals surface area contributed by atoms with E-state index in [9.17, 15) is 13.2 Å². The van der Waals surface area contributed by atoms with Crippen LogP contribution in [0.1, 0.15) is 34.3 Å². The summed E-state index contributed by atoms with van der Waals surface area (Å²) in [6.07, 6.45) is 3.54. The van der Waals surface area contributed by atoms with Crippen LogP contribution in [0.4, 0.5) is 0 Å². The van der Waals surface area contributed by atoms with Gasteiger partial charge in [0.05, 0.1) is 53.3 Å². The van der Waals surface area contributed by atoms with Crippen molar-refractivity contribution < 1.29 is 22.0 Å². The molecule has 1 amide bonds. The van der Waals surface area contributed by atoms with E-state index in [-0.39, 0.29) is 30.0 Å². The molecule has 10 heteroatoms. The molecule has 160 valence electrons. The number of rotatable bonds is 5. The van der Waals surface area contributed by atoms with Crippen LogP contribution in [0.5, 0.6) is 0 Å². The van der Waals surface area contributed by atoms with E-state index in [0.717, 1.165) is 0 Å². The van der Waals surface area contributed by atoms with Crippen molar-refractivity contribution in [2.24, 2.45) is 0 Å². The normalized spacial score (nSPS) is 17.9. The molecule has 0 saturated carbocycles. The van der Waals surface area contributed by atoms with Crippen molar-refractivity contribution in [3.8, 4) is 11.5 Å². The number of aryl methyl sites for hydroxylation is 1. The molecule has 9 nitrogen and oxygen atoms in total. The largest absolute Gasteiger partial charge is 0.467 e. The van der Waals surface area contributed by atoms with E-state index in [0.29, 0.717) is 45.9 Å². The summed E-state index contributed by atoms with van der Waals surface area (Å²) >= 11 is 0. The third-order valence-corrected chi connectivity index (χ3v) is 7.16. The lowest BCUT2D eigenvalue weighted by molar-refractivity contribution is 0.0949. The van der Waals surface area contributed by atoms with Gasteiger partial charge in [0.2, 0.25) is 0 Å². The Kier molecular flexibility index (Phi) is 4.66. The second-order valence-corrected chi connectivity index (χ2v) is 9.81. The Morgan fingerprint density at radius 2 is 2.06 bits per heavy atom. The van der Waals surface area contributed by atoms with E-state index in [1.54, 1.807) is 48.2 Å². The zero-order valence-electron chi connectivity index (χ0n) is 16.7. The fourth-order valence-corrected chi connectivity index (χ4v) is 5.63. The van der Waals surface area contributed by atoms with Gasteiger partial charge in [0.15, 0.2) is 21.2 Å². The highest BCUT2D eigenvalue weighted by molar-refractivity contribution is 7.91. The average molecular weight is 440 g/mol. The maximum atomic E-state index is 13.1. The van der Waals surface area contributed by atoms with Gasteiger partial charge in [0, 0.05) is 0 Å². The van der Waals surface area contributed by atoms with E-state index in [4.69, 9.17) is 13.8 Å². The Hall–Kier alpha value is -3.40. The molecule has 0 bridgehead atoms. The van der Waals surface area contributed by atoms with E-state index < -0.39 is 9.84 Å². The van der Waals surface area contributed by atoms with Crippen molar-refractivity contribution in [3.05, 3.63) is 59.9 Å². The fourth-order valence-electron chi connectivity index (χ4n) is 3.94. The molecule has 5 heterocycles. The molecule has 0 aromatic carbocycles. The first-order chi connectivity index (χ1) is 14.9. The van der Waals surface area contributed by atoms with Gasteiger partial charge in [-0.3, -0.25) is 4.79 Å². The van der Waals surface area contributed by atoms with Gasteiger partial charge in [-0.05, 0) is 43.7 Å². The molecule has 1 N–H and O–H groups in total. The number of carbonyl (C=O) groups is 1. The molecule has 31 heavy (non-hydrogen) atoms. The lowest BCUT2D eigenvalue weighted by Gasteiger charge is -2.11. The second kappa shape index (κ2) is 7.38. The van der Waals surface area contributed by atoms with Crippen molar-refractivity contribution >= 4 is 26.8 Å². The summed E-state index contributed by atoms with van der Waals surface area (Å²) in [5.41, 5.74) is 1.95. The minimum atomic E-state index is -3.11. The first-order valence-corrected chi connectivity index (χ1v) is 11.7. The molecule has 1 aliphatic heterocycles. The van der Waals surface area contributed by atoms with Crippen molar-refractivity contribution in [1.29, 1.82) is 0 Å². The average Bonchev–Trinajstić information content (AvgIpc) is 3.53. The van der Waals surface area contributed by atoms with Crippen LogP contribution in [0, 0.1) is 6.92 Å². The zero-order valence-corrected chi connectivity index (χ0v) is 17.6. The number of nitrogens with zero attached hydrogens (tertiary/aromatic N) is 3. The minimum Gasteiger partial charge on any atom is -0.467 e. The number of pyridine rings is 1. The Balaban J connectivity index is 1.62. The quantitative estimate of drug-likeness (QED) is 0.506. The highest BCUT2D eigenvalue weighted by atomic mass is 32.2. The number of nitrogens with one attached hydrogen (secondary N) is 1. The number of hydrogen-bond acceptors (Lipinski definition) is 7. The minimum absolute atomic E-state index is 0.00982. The van der Waals surface area contributed by atoms with Gasteiger partial charge in [-0.2, -0.15) is 5.10 Å². The maximum Gasteiger partial charge on any atom is 0.252 e. The molecule has 1 aliphatic rings. The SMILES string of the molecule is Cc1nn([C@H]2CCS(=O)(=O)C2)c2nc(-c3ccco3)cc(C(=O)NCc3ccco3)c12. The molecule has 1 fully saturated rings. The molecular weight excluding hydrogens is 420 g/mol. The first kappa shape index (κ1) is 19.6. The molecule has 0 spiro atoms. The maximum absolute atomic E-state index is 13.1. The number of fused-ring (bicyclic) bond motifs is 1. The summed E-state index contributed by atoms with van der Waals surface area (Å²) in [6.45, 7) is 2.03. The summed E-state index contributed by atoms with van der Waals surface area (Å²) in [6, 6.07) is 8.38. The van der Waals surface area contributed by atoms with Crippen LogP contribution in [0.2, 0.25) is 0 Å². The Morgan fingerprint density at radius 3 is 2.74 bits per heavy atom. The molecule has 1 atom stereocenters. The smallest absolute Gasteiger partial charge is 0.252 e. The topological polar surface area (TPSA) is 120 Å². The number of sulfone groups is 1. The second-order valence-electron chi connectivity index (χ2n) is 7.58. The van der Waals surface area contributed by atoms with Gasteiger partial charge in [0.1, 0.15) is 11.5 Å². The van der Waals surface area contributed by atoms with Crippen LogP contribution >= 0.6 is 0 Å². The van der Waals surface area contributed by atoms with E-state index in [1.807, 2.05) is 0 Å². The van der Waals surface area contributed by atoms with Crippen molar-refractivity contribution in [1.82, 2.24) is 20.1 Å². The van der Waals surface area contributed by atoms with Gasteiger partial charge in [-0.25, -0.2) is 18.1 Å². The number of carbonyl (C=O) groups excluding carboxylic acids is 1. The van der Waals surface area contributed by atoms with Crippen LogP contribution in [0.3, 0.4) is 0 Å². The molecular formula is C21H20N4O5S. The van der Waals surface area contributed by atoms with Crippen LogP contribution in [0.25, 0.3) is 22.5 Å². The number of amides is 1. The Morgan fingerprint density at radius 1 is 1.26 bits per heavy atom. The highest BCUT2D eigenvalue weighted by Crippen LogP contribution is 2.32. The molecule has 5 rings (SSSR count). The van der Waals surface area contributed by atoms with E-state index in [2.05, 4.69) is 10.4 Å². The van der Waals surface area contributed by atoms with Gasteiger partial charge >= 0.3 is 0 Å². The lowest BCUT2D eigenvalue weighted by Crippen LogP contribution is -2.23. The standard InChI is InChI=1S/C21H20N4O5S/c1-13-19-16(21(26)22-11-15-4-2-7-29-15)10-17(18-5-3-8-30-18)23-20(19)25(24-13)14-6-9-31(27,28)12-14/h2-5,7-8,10,14H,6,9,11-12H2,1H3,(H,22,26)/t14-/m0/s1. The summed E-state index contributed by atoms with van der Waals surface area (Å²) in [7, 11) is -3.11. The number of aromatic nitrogens is 3. The first-order valence-electron chi connectivity index (χ1n) is 9.86. The fraction of sp³-hybridized carbons (Fsp3) is 0.286. The lowest BCUT2D eigenvalue weighted by atomic mass is 10.1. The molecule has 0 radical (unpaired) electrons. The van der Waals surface area contributed by atoms with E-state index in [1.165, 1.54) is 6.26 Å². The van der Waals surface area contributed by atoms with Crippen molar-refractivity contribution in [3.63, 3.8) is 0 Å². The summed E-state index contributed by atoms with van der Waals surface area (Å²) < 4.78 is 36.5. The van der Waals surface area contributed by atoms with Crippen molar-refractivity contribution in [2.75, 3.05) is 11.5 Å². The van der Waals surface area contributed by atoms with Gasteiger partial charge < -0.3 is 14.2 Å². The monoisotopic (exact) mass is 440 g/mol. The van der Waals surface area contributed by atoms with Crippen LogP contribution in [0.15, 0.2) is 51.7 Å². The molecule has 0 unspecified atom stereocenters. The third-order valence-electron chi connectivity index (χ3n) is 5.41. The molecule has 4 aromatic rings. The summed E-state index contributed by atoms with van der Waals surface area (Å²) in [4.78, 5) is 17.8. The number of hydrogen-bond donors (Lipinski definition) is 1.